The third-order valence-electron chi connectivity index (χ3n) is 2.92. The minimum absolute atomic E-state index is 0.346. The van der Waals surface area contributed by atoms with Gasteiger partial charge in [-0.25, -0.2) is 8.42 Å². The number of hydrogen-bond donors (Lipinski definition) is 1. The number of fused-ring (bicyclic) bond motifs is 1. The van der Waals surface area contributed by atoms with E-state index in [1.807, 2.05) is 24.3 Å². The molecule has 5 heteroatoms. The zero-order valence-electron chi connectivity index (χ0n) is 9.13. The van der Waals surface area contributed by atoms with Gasteiger partial charge in [0.05, 0.1) is 12.3 Å². The van der Waals surface area contributed by atoms with Gasteiger partial charge in [-0.05, 0) is 25.0 Å². The van der Waals surface area contributed by atoms with E-state index in [1.165, 1.54) is 11.2 Å². The lowest BCUT2D eigenvalue weighted by Gasteiger charge is -2.22. The highest BCUT2D eigenvalue weighted by molar-refractivity contribution is 7.93. The van der Waals surface area contributed by atoms with Crippen LogP contribution in [0.2, 0.25) is 0 Å². The molecule has 0 amide bonds. The Bertz CT molecular complexity index is 484. The van der Waals surface area contributed by atoms with Gasteiger partial charge in [0, 0.05) is 6.54 Å². The van der Waals surface area contributed by atoms with Crippen molar-refractivity contribution in [2.75, 3.05) is 17.5 Å². The minimum Gasteiger partial charge on any atom is -0.395 e. The number of sulfonamides is 1. The highest BCUT2D eigenvalue weighted by atomic mass is 32.2. The maximum atomic E-state index is 12.1. The lowest BCUT2D eigenvalue weighted by Crippen LogP contribution is -2.38. The predicted molar refractivity (Wildman–Crippen MR) is 63.0 cm³/mol. The van der Waals surface area contributed by atoms with Gasteiger partial charge in [0.25, 0.3) is 0 Å². The average molecular weight is 241 g/mol. The summed E-state index contributed by atoms with van der Waals surface area (Å²) >= 11 is 0. The largest absolute Gasteiger partial charge is 0.395 e. The molecule has 88 valence electrons. The van der Waals surface area contributed by atoms with Crippen LogP contribution in [0.15, 0.2) is 24.3 Å². The smallest absolute Gasteiger partial charge is 0.240 e. The molecular weight excluding hydrogens is 226 g/mol. The lowest BCUT2D eigenvalue weighted by atomic mass is 10.2. The van der Waals surface area contributed by atoms with Crippen LogP contribution >= 0.6 is 0 Å². The van der Waals surface area contributed by atoms with Gasteiger partial charge in [-0.2, -0.15) is 0 Å². The van der Waals surface area contributed by atoms with Crippen LogP contribution in [0.1, 0.15) is 12.5 Å². The summed E-state index contributed by atoms with van der Waals surface area (Å²) in [5, 5.41) is 8.22. The molecule has 1 aliphatic rings. The molecule has 0 radical (unpaired) electrons. The third kappa shape index (κ3) is 1.70. The number of aliphatic hydroxyl groups is 1. The molecule has 2 rings (SSSR count). The van der Waals surface area contributed by atoms with Crippen LogP contribution in [0.3, 0.4) is 0 Å². The molecule has 4 nitrogen and oxygen atoms in total. The third-order valence-corrected chi connectivity index (χ3v) is 5.08. The van der Waals surface area contributed by atoms with Crippen molar-refractivity contribution in [1.82, 2.24) is 0 Å². The molecular formula is C11H15NO3S. The Kier molecular flexibility index (Phi) is 2.90. The number of hydrogen-bond acceptors (Lipinski definition) is 3. The maximum absolute atomic E-state index is 12.1. The Labute approximate surface area is 95.6 Å². The van der Waals surface area contributed by atoms with Crippen molar-refractivity contribution in [1.29, 1.82) is 0 Å². The molecule has 1 heterocycles. The van der Waals surface area contributed by atoms with Gasteiger partial charge in [0.1, 0.15) is 5.25 Å². The van der Waals surface area contributed by atoms with E-state index in [0.717, 1.165) is 17.7 Å². The zero-order valence-corrected chi connectivity index (χ0v) is 9.94. The van der Waals surface area contributed by atoms with Crippen LogP contribution in [0, 0.1) is 0 Å². The van der Waals surface area contributed by atoms with Crippen LogP contribution < -0.4 is 4.31 Å². The van der Waals surface area contributed by atoms with Gasteiger partial charge in [-0.15, -0.1) is 0 Å². The van der Waals surface area contributed by atoms with Gasteiger partial charge >= 0.3 is 0 Å². The Balaban J connectivity index is 2.39. The molecule has 0 aliphatic carbocycles. The summed E-state index contributed by atoms with van der Waals surface area (Å²) in [5.41, 5.74) is 1.80. The van der Waals surface area contributed by atoms with E-state index in [4.69, 9.17) is 5.11 Å². The number of aliphatic hydroxyl groups excluding tert-OH is 1. The number of rotatable bonds is 3. The van der Waals surface area contributed by atoms with E-state index >= 15 is 0 Å². The Morgan fingerprint density at radius 1 is 1.44 bits per heavy atom. The van der Waals surface area contributed by atoms with E-state index in [0.29, 0.717) is 6.54 Å². The van der Waals surface area contributed by atoms with E-state index in [-0.39, 0.29) is 6.61 Å². The van der Waals surface area contributed by atoms with E-state index in [2.05, 4.69) is 0 Å². The molecule has 1 N–H and O–H groups in total. The molecule has 0 saturated carbocycles. The van der Waals surface area contributed by atoms with Crippen molar-refractivity contribution < 1.29 is 13.5 Å². The molecule has 1 aromatic carbocycles. The fraction of sp³-hybridized carbons (Fsp3) is 0.455. The molecule has 0 fully saturated rings. The molecule has 1 aliphatic heterocycles. The first-order valence-corrected chi connectivity index (χ1v) is 6.78. The van der Waals surface area contributed by atoms with Crippen LogP contribution in [-0.4, -0.2) is 31.9 Å². The quantitative estimate of drug-likeness (QED) is 0.850. The first-order chi connectivity index (χ1) is 7.57. The second-order valence-corrected chi connectivity index (χ2v) is 6.26. The van der Waals surface area contributed by atoms with Crippen LogP contribution in [0.25, 0.3) is 0 Å². The normalized spacial score (nSPS) is 17.2. The van der Waals surface area contributed by atoms with Crippen molar-refractivity contribution >= 4 is 15.7 Å². The summed E-state index contributed by atoms with van der Waals surface area (Å²) in [6, 6.07) is 7.49. The molecule has 0 aromatic heterocycles. The first kappa shape index (κ1) is 11.4. The molecule has 16 heavy (non-hydrogen) atoms. The van der Waals surface area contributed by atoms with E-state index in [1.54, 1.807) is 0 Å². The summed E-state index contributed by atoms with van der Waals surface area (Å²) < 4.78 is 25.6. The Morgan fingerprint density at radius 2 is 2.12 bits per heavy atom. The highest BCUT2D eigenvalue weighted by Crippen LogP contribution is 2.31. The highest BCUT2D eigenvalue weighted by Gasteiger charge is 2.32. The second-order valence-electron chi connectivity index (χ2n) is 3.99. The number of benzene rings is 1. The zero-order chi connectivity index (χ0) is 11.8. The fourth-order valence-electron chi connectivity index (χ4n) is 1.88. The van der Waals surface area contributed by atoms with Crippen LogP contribution in [0.5, 0.6) is 0 Å². The average Bonchev–Trinajstić information content (AvgIpc) is 2.72. The van der Waals surface area contributed by atoms with Gasteiger partial charge in [-0.3, -0.25) is 4.31 Å². The number of anilines is 1. The van der Waals surface area contributed by atoms with Crippen molar-refractivity contribution in [2.45, 2.75) is 18.6 Å². The van der Waals surface area contributed by atoms with Crippen LogP contribution in [-0.2, 0) is 16.4 Å². The molecule has 1 atom stereocenters. The monoisotopic (exact) mass is 241 g/mol. The second kappa shape index (κ2) is 4.07. The maximum Gasteiger partial charge on any atom is 0.240 e. The summed E-state index contributed by atoms with van der Waals surface area (Å²) in [7, 11) is -3.42. The number of para-hydroxylation sites is 1. The Morgan fingerprint density at radius 3 is 2.81 bits per heavy atom. The van der Waals surface area contributed by atoms with Gasteiger partial charge in [0.2, 0.25) is 10.0 Å². The molecule has 0 spiro atoms. The van der Waals surface area contributed by atoms with Crippen molar-refractivity contribution in [3.05, 3.63) is 29.8 Å². The predicted octanol–water partition coefficient (Wildman–Crippen LogP) is 0.760. The van der Waals surface area contributed by atoms with Crippen molar-refractivity contribution in [3.8, 4) is 0 Å². The van der Waals surface area contributed by atoms with E-state index in [9.17, 15) is 8.42 Å². The van der Waals surface area contributed by atoms with Gasteiger partial charge < -0.3 is 5.11 Å². The molecule has 1 unspecified atom stereocenters. The standard InChI is InChI=1S/C11H15NO3S/c1-9(8-13)16(14,15)12-7-6-10-4-2-3-5-11(10)12/h2-5,9,13H,6-8H2,1H3. The van der Waals surface area contributed by atoms with E-state index < -0.39 is 15.3 Å². The first-order valence-electron chi connectivity index (χ1n) is 5.27. The lowest BCUT2D eigenvalue weighted by molar-refractivity contribution is 0.295. The van der Waals surface area contributed by atoms with Gasteiger partial charge in [0.15, 0.2) is 0 Å². The summed E-state index contributed by atoms with van der Waals surface area (Å²) in [4.78, 5) is 0. The summed E-state index contributed by atoms with van der Waals surface area (Å²) in [6.45, 7) is 1.66. The molecule has 0 saturated heterocycles. The number of nitrogens with zero attached hydrogens (tertiary/aromatic N) is 1. The van der Waals surface area contributed by atoms with Gasteiger partial charge in [-0.1, -0.05) is 18.2 Å². The SMILES string of the molecule is CC(CO)S(=O)(=O)N1CCc2ccccc21. The summed E-state index contributed by atoms with van der Waals surface area (Å²) in [5.74, 6) is 0. The fourth-order valence-corrected chi connectivity index (χ4v) is 3.30. The van der Waals surface area contributed by atoms with Crippen molar-refractivity contribution in [3.63, 3.8) is 0 Å². The topological polar surface area (TPSA) is 57.6 Å². The van der Waals surface area contributed by atoms with Crippen molar-refractivity contribution in [2.24, 2.45) is 0 Å². The Hall–Kier alpha value is -1.07. The molecule has 0 bridgehead atoms. The molecule has 1 aromatic rings. The summed E-state index contributed by atoms with van der Waals surface area (Å²) in [6.07, 6.45) is 0.744. The minimum atomic E-state index is -3.42. The van der Waals surface area contributed by atoms with Crippen LogP contribution in [0.4, 0.5) is 5.69 Å².